The van der Waals surface area contributed by atoms with Crippen LogP contribution in [0, 0.1) is 5.92 Å². The summed E-state index contributed by atoms with van der Waals surface area (Å²) in [6, 6.07) is 9.35. The molecule has 0 fully saturated rings. The zero-order valence-corrected chi connectivity index (χ0v) is 24.7. The highest BCUT2D eigenvalue weighted by atomic mass is 16.5. The summed E-state index contributed by atoms with van der Waals surface area (Å²) in [6.07, 6.45) is 1.66. The molecule has 3 rings (SSSR count). The second kappa shape index (κ2) is 14.4. The number of aromatic nitrogens is 1. The highest BCUT2D eigenvalue weighted by Gasteiger charge is 2.36. The van der Waals surface area contributed by atoms with Gasteiger partial charge in [0.05, 0.1) is 18.0 Å². The molecule has 2 aromatic rings. The van der Waals surface area contributed by atoms with Crippen molar-refractivity contribution >= 4 is 29.5 Å². The average molecular weight is 581 g/mol. The Hall–Kier alpha value is -4.48. The monoisotopic (exact) mass is 580 g/mol. The summed E-state index contributed by atoms with van der Waals surface area (Å²) < 4.78 is 5.88. The van der Waals surface area contributed by atoms with Gasteiger partial charge in [0.25, 0.3) is 5.91 Å². The van der Waals surface area contributed by atoms with Gasteiger partial charge in [-0.3, -0.25) is 29.0 Å². The summed E-state index contributed by atoms with van der Waals surface area (Å²) in [5.41, 5.74) is -0.498. The smallest absolute Gasteiger partial charge is 0.255 e. The van der Waals surface area contributed by atoms with Gasteiger partial charge in [-0.2, -0.15) is 0 Å². The average Bonchev–Trinajstić information content (AvgIpc) is 2.93. The molecule has 2 heterocycles. The van der Waals surface area contributed by atoms with Crippen LogP contribution in [0.25, 0.3) is 0 Å². The predicted octanol–water partition coefficient (Wildman–Crippen LogP) is 0.862. The summed E-state index contributed by atoms with van der Waals surface area (Å²) >= 11 is 0. The van der Waals surface area contributed by atoms with Crippen LogP contribution in [-0.2, 0) is 25.6 Å². The van der Waals surface area contributed by atoms with Gasteiger partial charge in [-0.25, -0.2) is 0 Å². The Kier molecular flexibility index (Phi) is 11.0. The van der Waals surface area contributed by atoms with E-state index in [4.69, 9.17) is 4.74 Å². The van der Waals surface area contributed by atoms with E-state index in [9.17, 15) is 24.0 Å². The van der Waals surface area contributed by atoms with Crippen molar-refractivity contribution in [2.24, 2.45) is 5.92 Å². The molecular formula is C30H40N6O6. The van der Waals surface area contributed by atoms with Crippen molar-refractivity contribution < 1.29 is 28.7 Å². The van der Waals surface area contributed by atoms with Crippen LogP contribution in [0.15, 0.2) is 48.7 Å². The first-order valence-corrected chi connectivity index (χ1v) is 14.0. The zero-order chi connectivity index (χ0) is 30.9. The van der Waals surface area contributed by atoms with Gasteiger partial charge in [0.1, 0.15) is 30.0 Å². The van der Waals surface area contributed by atoms with Crippen LogP contribution in [0.2, 0.25) is 0 Å². The number of rotatable bonds is 5. The van der Waals surface area contributed by atoms with Crippen LogP contribution in [0.3, 0.4) is 0 Å². The predicted molar refractivity (Wildman–Crippen MR) is 155 cm³/mol. The number of para-hydroxylation sites is 1. The number of nitrogens with zero attached hydrogens (tertiary/aromatic N) is 1. The minimum absolute atomic E-state index is 0.0395. The molecule has 0 aliphatic carbocycles. The summed E-state index contributed by atoms with van der Waals surface area (Å²) in [5.74, 6) is -2.84. The first-order valence-electron chi connectivity index (χ1n) is 14.0. The topological polar surface area (TPSA) is 168 Å². The van der Waals surface area contributed by atoms with E-state index >= 15 is 0 Å². The molecule has 0 saturated heterocycles. The lowest BCUT2D eigenvalue weighted by Crippen LogP contribution is -2.61. The first kappa shape index (κ1) is 32.0. The van der Waals surface area contributed by atoms with Gasteiger partial charge in [-0.05, 0) is 51.0 Å². The van der Waals surface area contributed by atoms with Crippen LogP contribution in [-0.4, -0.2) is 71.3 Å². The molecular weight excluding hydrogens is 540 g/mol. The molecule has 1 aromatic heterocycles. The normalized spacial score (nSPS) is 21.9. The minimum Gasteiger partial charge on any atom is -0.491 e. The van der Waals surface area contributed by atoms with Crippen molar-refractivity contribution in [3.63, 3.8) is 0 Å². The fourth-order valence-corrected chi connectivity index (χ4v) is 4.30. The zero-order valence-electron chi connectivity index (χ0n) is 24.7. The molecule has 0 saturated carbocycles. The molecule has 5 amide bonds. The molecule has 1 aliphatic heterocycles. The van der Waals surface area contributed by atoms with E-state index in [2.05, 4.69) is 31.6 Å². The summed E-state index contributed by atoms with van der Waals surface area (Å²) in [4.78, 5) is 70.2. The Morgan fingerprint density at radius 3 is 2.45 bits per heavy atom. The number of carbonyl (C=O) groups is 5. The Morgan fingerprint density at radius 1 is 1.05 bits per heavy atom. The highest BCUT2D eigenvalue weighted by molar-refractivity contribution is 6.01. The van der Waals surface area contributed by atoms with Crippen LogP contribution >= 0.6 is 0 Å². The maximum atomic E-state index is 13.4. The number of nitrogens with one attached hydrogen (secondary N) is 5. The Morgan fingerprint density at radius 2 is 1.76 bits per heavy atom. The molecule has 12 nitrogen and oxygen atoms in total. The number of amides is 5. The lowest BCUT2D eigenvalue weighted by Gasteiger charge is -2.30. The molecule has 0 bridgehead atoms. The molecule has 1 aromatic carbocycles. The van der Waals surface area contributed by atoms with E-state index in [1.54, 1.807) is 57.3 Å². The van der Waals surface area contributed by atoms with Gasteiger partial charge in [-0.1, -0.05) is 32.0 Å². The van der Waals surface area contributed by atoms with E-state index in [1.165, 1.54) is 13.8 Å². The molecule has 0 spiro atoms. The largest absolute Gasteiger partial charge is 0.491 e. The lowest BCUT2D eigenvalue weighted by atomic mass is 9.98. The van der Waals surface area contributed by atoms with Crippen LogP contribution in [0.1, 0.15) is 57.1 Å². The van der Waals surface area contributed by atoms with Gasteiger partial charge in [0, 0.05) is 24.9 Å². The second-order valence-electron chi connectivity index (χ2n) is 11.2. The van der Waals surface area contributed by atoms with Crippen molar-refractivity contribution in [2.45, 2.75) is 71.1 Å². The number of pyridine rings is 1. The Bertz CT molecular complexity index is 1280. The fourth-order valence-electron chi connectivity index (χ4n) is 4.30. The van der Waals surface area contributed by atoms with Crippen LogP contribution in [0.4, 0.5) is 0 Å². The summed E-state index contributed by atoms with van der Waals surface area (Å²) in [5, 5.41) is 13.6. The third-order valence-corrected chi connectivity index (χ3v) is 6.68. The minimum atomic E-state index is -1.43. The summed E-state index contributed by atoms with van der Waals surface area (Å²) in [6.45, 7) is 8.59. The van der Waals surface area contributed by atoms with E-state index < -0.39 is 59.6 Å². The van der Waals surface area contributed by atoms with E-state index in [0.29, 0.717) is 6.42 Å². The number of hydrogen-bond acceptors (Lipinski definition) is 7. The SMILES string of the molecule is CC(C)[C@H]1NC(=O)C(C)(C)NC(=O)C[C@@H](C(=O)NCCc2ccccn2)NC(=O)c2ccccc2OC[C@H](C)NC1=O. The molecule has 5 N–H and O–H groups in total. The van der Waals surface area contributed by atoms with Gasteiger partial charge in [0.15, 0.2) is 0 Å². The number of ether oxygens (including phenoxy) is 1. The Labute approximate surface area is 245 Å². The molecule has 12 heteroatoms. The molecule has 0 radical (unpaired) electrons. The Balaban J connectivity index is 1.88. The van der Waals surface area contributed by atoms with E-state index in [0.717, 1.165) is 5.69 Å². The molecule has 1 aliphatic rings. The molecule has 3 atom stereocenters. The quantitative estimate of drug-likeness (QED) is 0.350. The third kappa shape index (κ3) is 9.02. The van der Waals surface area contributed by atoms with Gasteiger partial charge in [0.2, 0.25) is 23.6 Å². The van der Waals surface area contributed by atoms with Gasteiger partial charge < -0.3 is 31.3 Å². The highest BCUT2D eigenvalue weighted by Crippen LogP contribution is 2.19. The van der Waals surface area contributed by atoms with Crippen molar-refractivity contribution in [3.05, 3.63) is 59.9 Å². The number of benzene rings is 1. The van der Waals surface area contributed by atoms with E-state index in [1.807, 2.05) is 12.1 Å². The fraction of sp³-hybridized carbons (Fsp3) is 0.467. The molecule has 226 valence electrons. The number of fused-ring (bicyclic) bond motifs is 1. The molecule has 42 heavy (non-hydrogen) atoms. The maximum absolute atomic E-state index is 13.4. The lowest BCUT2D eigenvalue weighted by molar-refractivity contribution is -0.136. The van der Waals surface area contributed by atoms with Crippen molar-refractivity contribution in [1.29, 1.82) is 0 Å². The van der Waals surface area contributed by atoms with Gasteiger partial charge in [-0.15, -0.1) is 0 Å². The van der Waals surface area contributed by atoms with Crippen molar-refractivity contribution in [2.75, 3.05) is 13.2 Å². The molecule has 0 unspecified atom stereocenters. The maximum Gasteiger partial charge on any atom is 0.255 e. The van der Waals surface area contributed by atoms with Crippen LogP contribution in [0.5, 0.6) is 5.75 Å². The van der Waals surface area contributed by atoms with Crippen molar-refractivity contribution in [3.8, 4) is 5.75 Å². The number of carbonyl (C=O) groups excluding carboxylic acids is 5. The van der Waals surface area contributed by atoms with Gasteiger partial charge >= 0.3 is 0 Å². The first-order chi connectivity index (χ1) is 19.9. The summed E-state index contributed by atoms with van der Waals surface area (Å²) in [7, 11) is 0. The van der Waals surface area contributed by atoms with Crippen molar-refractivity contribution in [1.82, 2.24) is 31.6 Å². The number of hydrogen-bond donors (Lipinski definition) is 5. The third-order valence-electron chi connectivity index (χ3n) is 6.68. The second-order valence-corrected chi connectivity index (χ2v) is 11.2. The van der Waals surface area contributed by atoms with E-state index in [-0.39, 0.29) is 30.4 Å². The standard InChI is InChI=1S/C30H40N6O6/c1-18(2)25-28(40)33-19(3)17-42-23-12-7-6-11-21(23)26(38)34-22(16-24(37)36-30(4,5)29(41)35-25)27(39)32-15-13-20-10-8-9-14-31-20/h6-12,14,18-19,22,25H,13,15-17H2,1-5H3,(H,32,39)(H,33,40)(H,34,38)(H,35,41)(H,36,37)/t19-,22-,25+/m0/s1. The van der Waals surface area contributed by atoms with Crippen LogP contribution < -0.4 is 31.3 Å².